The average Bonchev–Trinajstić information content (AvgIpc) is 2.90. The molecule has 2 heterocycles. The zero-order chi connectivity index (χ0) is 15.0. The van der Waals surface area contributed by atoms with Gasteiger partial charge in [-0.1, -0.05) is 20.8 Å². The second-order valence-corrected chi connectivity index (χ2v) is 8.73. The van der Waals surface area contributed by atoms with Crippen LogP contribution in [0.2, 0.25) is 0 Å². The molecule has 1 aromatic heterocycles. The van der Waals surface area contributed by atoms with Crippen LogP contribution in [-0.4, -0.2) is 25.1 Å². The summed E-state index contributed by atoms with van der Waals surface area (Å²) < 4.78 is 0. The summed E-state index contributed by atoms with van der Waals surface area (Å²) in [4.78, 5) is 9.04. The predicted molar refractivity (Wildman–Crippen MR) is 91.2 cm³/mol. The fourth-order valence-corrected chi connectivity index (χ4v) is 4.97. The van der Waals surface area contributed by atoms with Crippen LogP contribution in [0.3, 0.4) is 0 Å². The predicted octanol–water partition coefficient (Wildman–Crippen LogP) is 4.00. The minimum Gasteiger partial charge on any atom is -0.348 e. The molecule has 0 spiro atoms. The van der Waals surface area contributed by atoms with Gasteiger partial charge in [-0.2, -0.15) is 0 Å². The van der Waals surface area contributed by atoms with Gasteiger partial charge in [0.15, 0.2) is 5.13 Å². The van der Waals surface area contributed by atoms with E-state index < -0.39 is 0 Å². The highest BCUT2D eigenvalue weighted by Gasteiger charge is 2.31. The monoisotopic (exact) mass is 307 g/mol. The van der Waals surface area contributed by atoms with Crippen LogP contribution in [0.4, 0.5) is 5.13 Å². The molecule has 0 amide bonds. The number of nitrogens with zero attached hydrogens (tertiary/aromatic N) is 2. The summed E-state index contributed by atoms with van der Waals surface area (Å²) in [6, 6.07) is 0.478. The molecule has 1 N–H and O–H groups in total. The lowest BCUT2D eigenvalue weighted by atomic mass is 9.75. The van der Waals surface area contributed by atoms with Crippen LogP contribution < -0.4 is 10.2 Å². The molecule has 0 saturated carbocycles. The number of anilines is 1. The van der Waals surface area contributed by atoms with Gasteiger partial charge in [-0.3, -0.25) is 0 Å². The van der Waals surface area contributed by atoms with Gasteiger partial charge >= 0.3 is 0 Å². The minimum absolute atomic E-state index is 0.450. The summed E-state index contributed by atoms with van der Waals surface area (Å²) in [7, 11) is 2.06. The van der Waals surface area contributed by atoms with E-state index in [9.17, 15) is 0 Å². The van der Waals surface area contributed by atoms with Gasteiger partial charge in [-0.25, -0.2) is 4.98 Å². The molecule has 0 radical (unpaired) electrons. The quantitative estimate of drug-likeness (QED) is 0.895. The summed E-state index contributed by atoms with van der Waals surface area (Å²) in [5.74, 6) is 0.855. The lowest BCUT2D eigenvalue weighted by molar-refractivity contribution is 0.199. The fraction of sp³-hybridized carbons (Fsp3) is 0.824. The second-order valence-electron chi connectivity index (χ2n) is 7.67. The maximum atomic E-state index is 5.00. The number of aryl methyl sites for hydroxylation is 1. The molecule has 3 nitrogen and oxygen atoms in total. The average molecular weight is 308 g/mol. The first kappa shape index (κ1) is 15.3. The molecule has 1 saturated heterocycles. The normalized spacial score (nSPS) is 24.2. The molecule has 1 fully saturated rings. The summed E-state index contributed by atoms with van der Waals surface area (Å²) in [6.45, 7) is 9.50. The SMILES string of the molecule is CNC1CCCc2sc(N3CCC(C(C)(C)C)CC3)nc21. The standard InChI is InChI=1S/C17H29N3S/c1-17(2,3)12-8-10-20(11-9-12)16-19-15-13(18-4)6-5-7-14(15)21-16/h12-13,18H,5-11H2,1-4H3. The highest BCUT2D eigenvalue weighted by atomic mass is 32.1. The van der Waals surface area contributed by atoms with Gasteiger partial charge in [-0.15, -0.1) is 11.3 Å². The van der Waals surface area contributed by atoms with E-state index in [0.717, 1.165) is 5.92 Å². The van der Waals surface area contributed by atoms with Crippen LogP contribution in [0.5, 0.6) is 0 Å². The topological polar surface area (TPSA) is 28.2 Å². The molecule has 1 aliphatic carbocycles. The smallest absolute Gasteiger partial charge is 0.185 e. The van der Waals surface area contributed by atoms with Crippen LogP contribution in [-0.2, 0) is 6.42 Å². The molecular formula is C17H29N3S. The van der Waals surface area contributed by atoms with Gasteiger partial charge in [0, 0.05) is 18.0 Å². The molecule has 21 heavy (non-hydrogen) atoms. The Morgan fingerprint density at radius 1 is 1.19 bits per heavy atom. The summed E-state index contributed by atoms with van der Waals surface area (Å²) in [5, 5.41) is 4.70. The van der Waals surface area contributed by atoms with Crippen molar-refractivity contribution in [3.05, 3.63) is 10.6 Å². The Hall–Kier alpha value is -0.610. The van der Waals surface area contributed by atoms with Crippen molar-refractivity contribution in [2.75, 3.05) is 25.0 Å². The highest BCUT2D eigenvalue weighted by molar-refractivity contribution is 7.15. The fourth-order valence-electron chi connectivity index (χ4n) is 3.76. The van der Waals surface area contributed by atoms with E-state index in [2.05, 4.69) is 38.0 Å². The molecule has 3 rings (SSSR count). The van der Waals surface area contributed by atoms with Crippen LogP contribution in [0.15, 0.2) is 0 Å². The van der Waals surface area contributed by atoms with Crippen molar-refractivity contribution < 1.29 is 0 Å². The number of nitrogens with one attached hydrogen (secondary N) is 1. The largest absolute Gasteiger partial charge is 0.348 e. The second kappa shape index (κ2) is 5.88. The van der Waals surface area contributed by atoms with E-state index in [1.54, 1.807) is 0 Å². The molecule has 0 aromatic carbocycles. The maximum absolute atomic E-state index is 5.00. The Kier molecular flexibility index (Phi) is 4.28. The van der Waals surface area contributed by atoms with Crippen LogP contribution >= 0.6 is 11.3 Å². The van der Waals surface area contributed by atoms with E-state index in [1.165, 1.54) is 60.9 Å². The van der Waals surface area contributed by atoms with Gasteiger partial charge in [0.05, 0.1) is 11.7 Å². The van der Waals surface area contributed by atoms with Gasteiger partial charge in [0.1, 0.15) is 0 Å². The Labute approximate surface area is 133 Å². The lowest BCUT2D eigenvalue weighted by Crippen LogP contribution is -2.38. The van der Waals surface area contributed by atoms with Gasteiger partial charge in [0.2, 0.25) is 0 Å². The maximum Gasteiger partial charge on any atom is 0.185 e. The van der Waals surface area contributed by atoms with Crippen molar-refractivity contribution in [1.82, 2.24) is 10.3 Å². The van der Waals surface area contributed by atoms with Crippen molar-refractivity contribution in [3.63, 3.8) is 0 Å². The van der Waals surface area contributed by atoms with Crippen LogP contribution in [0, 0.1) is 11.3 Å². The van der Waals surface area contributed by atoms with E-state index in [1.807, 2.05) is 11.3 Å². The first-order valence-electron chi connectivity index (χ1n) is 8.41. The lowest BCUT2D eigenvalue weighted by Gasteiger charge is -2.38. The Morgan fingerprint density at radius 2 is 1.90 bits per heavy atom. The zero-order valence-electron chi connectivity index (χ0n) is 13.9. The number of aromatic nitrogens is 1. The Balaban J connectivity index is 1.70. The zero-order valence-corrected chi connectivity index (χ0v) is 14.7. The molecule has 1 aromatic rings. The van der Waals surface area contributed by atoms with Crippen molar-refractivity contribution >= 4 is 16.5 Å². The van der Waals surface area contributed by atoms with Crippen LogP contribution in [0.25, 0.3) is 0 Å². The number of piperidine rings is 1. The van der Waals surface area contributed by atoms with Gasteiger partial charge < -0.3 is 10.2 Å². The van der Waals surface area contributed by atoms with E-state index >= 15 is 0 Å². The Morgan fingerprint density at radius 3 is 2.52 bits per heavy atom. The van der Waals surface area contributed by atoms with Crippen LogP contribution in [0.1, 0.15) is 63.1 Å². The molecule has 118 valence electrons. The van der Waals surface area contributed by atoms with Crippen molar-refractivity contribution in [1.29, 1.82) is 0 Å². The van der Waals surface area contributed by atoms with E-state index in [0.29, 0.717) is 11.5 Å². The summed E-state index contributed by atoms with van der Waals surface area (Å²) >= 11 is 1.94. The van der Waals surface area contributed by atoms with E-state index in [4.69, 9.17) is 4.98 Å². The summed E-state index contributed by atoms with van der Waals surface area (Å²) in [6.07, 6.45) is 6.38. The van der Waals surface area contributed by atoms with Crippen molar-refractivity contribution in [2.45, 2.75) is 58.9 Å². The number of thiazole rings is 1. The van der Waals surface area contributed by atoms with Gasteiger partial charge in [0.25, 0.3) is 0 Å². The number of hydrogen-bond donors (Lipinski definition) is 1. The van der Waals surface area contributed by atoms with Gasteiger partial charge in [-0.05, 0) is 50.5 Å². The molecule has 1 unspecified atom stereocenters. The summed E-state index contributed by atoms with van der Waals surface area (Å²) in [5.41, 5.74) is 1.78. The third kappa shape index (κ3) is 3.11. The first-order valence-corrected chi connectivity index (χ1v) is 9.22. The molecule has 0 bridgehead atoms. The Bertz CT molecular complexity index is 481. The molecule has 2 aliphatic rings. The minimum atomic E-state index is 0.450. The molecular weight excluding hydrogens is 278 g/mol. The third-order valence-electron chi connectivity index (χ3n) is 5.28. The highest BCUT2D eigenvalue weighted by Crippen LogP contribution is 2.39. The molecule has 1 atom stereocenters. The number of rotatable bonds is 2. The number of fused-ring (bicyclic) bond motifs is 1. The van der Waals surface area contributed by atoms with Crippen molar-refractivity contribution in [3.8, 4) is 0 Å². The van der Waals surface area contributed by atoms with E-state index in [-0.39, 0.29) is 0 Å². The van der Waals surface area contributed by atoms with Crippen molar-refractivity contribution in [2.24, 2.45) is 11.3 Å². The molecule has 4 heteroatoms. The third-order valence-corrected chi connectivity index (χ3v) is 6.47. The number of hydrogen-bond acceptors (Lipinski definition) is 4. The molecule has 1 aliphatic heterocycles. The first-order chi connectivity index (χ1) is 9.99.